The van der Waals surface area contributed by atoms with Crippen LogP contribution in [-0.2, 0) is 13.1 Å². The molecule has 0 aliphatic rings. The zero-order valence-corrected chi connectivity index (χ0v) is 12.5. The summed E-state index contributed by atoms with van der Waals surface area (Å²) in [4.78, 5) is 7.93. The number of rotatable bonds is 5. The summed E-state index contributed by atoms with van der Waals surface area (Å²) < 4.78 is 3.54. The Balaban J connectivity index is 1.90. The second-order valence-corrected chi connectivity index (χ2v) is 5.44. The number of nitrogens with zero attached hydrogens (tertiary/aromatic N) is 6. The number of benzene rings is 1. The molecule has 3 aromatic rings. The fraction of sp³-hybridized carbons (Fsp3) is 0.231. The van der Waals surface area contributed by atoms with Gasteiger partial charge in [-0.05, 0) is 17.7 Å². The molecule has 0 aliphatic heterocycles. The molecule has 0 spiro atoms. The Morgan fingerprint density at radius 1 is 0.952 bits per heavy atom. The Labute approximate surface area is 131 Å². The van der Waals surface area contributed by atoms with Crippen molar-refractivity contribution in [3.8, 4) is 0 Å². The first-order valence-electron chi connectivity index (χ1n) is 6.32. The molecule has 0 radical (unpaired) electrons. The van der Waals surface area contributed by atoms with Crippen LogP contribution in [0.5, 0.6) is 0 Å². The molecule has 3 rings (SSSR count). The molecule has 1 aromatic carbocycles. The van der Waals surface area contributed by atoms with E-state index in [2.05, 4.69) is 20.2 Å². The van der Waals surface area contributed by atoms with E-state index >= 15 is 0 Å². The highest BCUT2D eigenvalue weighted by Crippen LogP contribution is 2.29. The Morgan fingerprint density at radius 2 is 1.57 bits per heavy atom. The first-order chi connectivity index (χ1) is 10.2. The molecule has 2 heterocycles. The highest BCUT2D eigenvalue weighted by Gasteiger charge is 2.17. The minimum atomic E-state index is 0.0816. The van der Waals surface area contributed by atoms with Crippen molar-refractivity contribution in [2.24, 2.45) is 0 Å². The van der Waals surface area contributed by atoms with Gasteiger partial charge in [0.15, 0.2) is 0 Å². The second-order valence-electron chi connectivity index (χ2n) is 4.60. The van der Waals surface area contributed by atoms with E-state index in [-0.39, 0.29) is 5.92 Å². The van der Waals surface area contributed by atoms with E-state index in [0.717, 1.165) is 5.56 Å². The van der Waals surface area contributed by atoms with Gasteiger partial charge < -0.3 is 0 Å². The highest BCUT2D eigenvalue weighted by molar-refractivity contribution is 6.35. The van der Waals surface area contributed by atoms with Gasteiger partial charge in [-0.3, -0.25) is 9.36 Å². The van der Waals surface area contributed by atoms with Gasteiger partial charge in [-0.15, -0.1) is 0 Å². The van der Waals surface area contributed by atoms with Gasteiger partial charge in [0.25, 0.3) is 0 Å². The fourth-order valence-corrected chi connectivity index (χ4v) is 2.76. The van der Waals surface area contributed by atoms with Gasteiger partial charge in [0.1, 0.15) is 25.3 Å². The molecule has 108 valence electrons. The molecule has 0 saturated heterocycles. The van der Waals surface area contributed by atoms with Gasteiger partial charge in [-0.1, -0.05) is 29.3 Å². The van der Waals surface area contributed by atoms with Crippen LogP contribution in [0.4, 0.5) is 0 Å². The lowest BCUT2D eigenvalue weighted by atomic mass is 9.99. The molecule has 0 N–H and O–H groups in total. The topological polar surface area (TPSA) is 61.4 Å². The van der Waals surface area contributed by atoms with Crippen molar-refractivity contribution < 1.29 is 0 Å². The maximum absolute atomic E-state index is 6.33. The predicted molar refractivity (Wildman–Crippen MR) is 79.2 cm³/mol. The summed E-state index contributed by atoms with van der Waals surface area (Å²) in [7, 11) is 0. The van der Waals surface area contributed by atoms with E-state index in [4.69, 9.17) is 23.2 Å². The number of hydrogen-bond acceptors (Lipinski definition) is 4. The molecule has 8 heteroatoms. The number of aromatic nitrogens is 6. The third kappa shape index (κ3) is 3.40. The van der Waals surface area contributed by atoms with E-state index < -0.39 is 0 Å². The summed E-state index contributed by atoms with van der Waals surface area (Å²) in [6.45, 7) is 1.28. The van der Waals surface area contributed by atoms with Crippen molar-refractivity contribution in [2.75, 3.05) is 0 Å². The van der Waals surface area contributed by atoms with Crippen molar-refractivity contribution in [2.45, 2.75) is 19.0 Å². The molecule has 0 unspecified atom stereocenters. The summed E-state index contributed by atoms with van der Waals surface area (Å²) >= 11 is 12.3. The van der Waals surface area contributed by atoms with Crippen LogP contribution in [0.25, 0.3) is 0 Å². The molecule has 0 atom stereocenters. The third-order valence-electron chi connectivity index (χ3n) is 3.15. The maximum atomic E-state index is 6.33. The van der Waals surface area contributed by atoms with Crippen molar-refractivity contribution in [3.63, 3.8) is 0 Å². The van der Waals surface area contributed by atoms with E-state index in [1.165, 1.54) is 12.7 Å². The predicted octanol–water partition coefficient (Wildman–Crippen LogP) is 2.66. The first kappa shape index (κ1) is 14.0. The highest BCUT2D eigenvalue weighted by atomic mass is 35.5. The van der Waals surface area contributed by atoms with Crippen LogP contribution in [0.1, 0.15) is 11.5 Å². The lowest BCUT2D eigenvalue weighted by Crippen LogP contribution is -2.17. The Hall–Kier alpha value is -1.92. The summed E-state index contributed by atoms with van der Waals surface area (Å²) in [5.74, 6) is 0.0816. The lowest BCUT2D eigenvalue weighted by Gasteiger charge is -2.18. The molecule has 0 fully saturated rings. The van der Waals surface area contributed by atoms with E-state index in [1.807, 2.05) is 12.1 Å². The number of halogens is 2. The van der Waals surface area contributed by atoms with Gasteiger partial charge >= 0.3 is 0 Å². The van der Waals surface area contributed by atoms with Gasteiger partial charge in [0.2, 0.25) is 0 Å². The minimum Gasteiger partial charge on any atom is -0.252 e. The Kier molecular flexibility index (Phi) is 4.17. The van der Waals surface area contributed by atoms with Crippen LogP contribution in [0.2, 0.25) is 10.0 Å². The molecule has 0 aliphatic carbocycles. The average molecular weight is 323 g/mol. The minimum absolute atomic E-state index is 0.0816. The molecular formula is C13H12Cl2N6. The number of hydrogen-bond donors (Lipinski definition) is 0. The van der Waals surface area contributed by atoms with Gasteiger partial charge in [-0.25, -0.2) is 9.97 Å². The lowest BCUT2D eigenvalue weighted by molar-refractivity contribution is 0.437. The van der Waals surface area contributed by atoms with Crippen molar-refractivity contribution in [1.82, 2.24) is 29.5 Å². The SMILES string of the molecule is Clc1ccc(C(Cn2cncn2)Cn2cncn2)c(Cl)c1. The third-order valence-corrected chi connectivity index (χ3v) is 3.71. The molecule has 21 heavy (non-hydrogen) atoms. The van der Waals surface area contributed by atoms with Crippen LogP contribution in [-0.4, -0.2) is 29.5 Å². The smallest absolute Gasteiger partial charge is 0.137 e. The monoisotopic (exact) mass is 322 g/mol. The van der Waals surface area contributed by atoms with Crippen LogP contribution < -0.4 is 0 Å². The van der Waals surface area contributed by atoms with Crippen LogP contribution >= 0.6 is 23.2 Å². The molecular weight excluding hydrogens is 311 g/mol. The van der Waals surface area contributed by atoms with Gasteiger partial charge in [-0.2, -0.15) is 10.2 Å². The van der Waals surface area contributed by atoms with Crippen molar-refractivity contribution in [3.05, 3.63) is 59.1 Å². The van der Waals surface area contributed by atoms with Gasteiger partial charge in [0.05, 0.1) is 13.1 Å². The summed E-state index contributed by atoms with van der Waals surface area (Å²) in [6.07, 6.45) is 6.38. The maximum Gasteiger partial charge on any atom is 0.137 e. The quantitative estimate of drug-likeness (QED) is 0.724. The zero-order valence-electron chi connectivity index (χ0n) is 11.0. The Morgan fingerprint density at radius 3 is 2.05 bits per heavy atom. The average Bonchev–Trinajstić information content (AvgIpc) is 3.11. The molecule has 0 bridgehead atoms. The van der Waals surface area contributed by atoms with Crippen molar-refractivity contribution >= 4 is 23.2 Å². The normalized spacial score (nSPS) is 11.2. The van der Waals surface area contributed by atoms with Crippen LogP contribution in [0.3, 0.4) is 0 Å². The molecule has 0 saturated carbocycles. The molecule has 0 amide bonds. The fourth-order valence-electron chi connectivity index (χ4n) is 2.19. The largest absolute Gasteiger partial charge is 0.252 e. The summed E-state index contributed by atoms with van der Waals surface area (Å²) in [5.41, 5.74) is 0.993. The first-order valence-corrected chi connectivity index (χ1v) is 7.08. The molecule has 6 nitrogen and oxygen atoms in total. The zero-order chi connectivity index (χ0) is 14.7. The second kappa shape index (κ2) is 6.24. The molecule has 2 aromatic heterocycles. The van der Waals surface area contributed by atoms with Crippen LogP contribution in [0.15, 0.2) is 43.5 Å². The van der Waals surface area contributed by atoms with Crippen LogP contribution in [0, 0.1) is 0 Å². The van der Waals surface area contributed by atoms with E-state index in [1.54, 1.807) is 28.1 Å². The van der Waals surface area contributed by atoms with Gasteiger partial charge in [0, 0.05) is 16.0 Å². The summed E-state index contributed by atoms with van der Waals surface area (Å²) in [5, 5.41) is 9.55. The van der Waals surface area contributed by atoms with Crippen molar-refractivity contribution in [1.29, 1.82) is 0 Å². The summed E-state index contributed by atoms with van der Waals surface area (Å²) in [6, 6.07) is 5.51. The van der Waals surface area contributed by atoms with E-state index in [0.29, 0.717) is 23.1 Å². The van der Waals surface area contributed by atoms with E-state index in [9.17, 15) is 0 Å². The standard InChI is InChI=1S/C13H12Cl2N6/c14-11-1-2-12(13(15)3-11)10(4-20-8-16-6-18-20)5-21-9-17-7-19-21/h1-3,6-10H,4-5H2. The Bertz CT molecular complexity index is 659.